The first-order valence-corrected chi connectivity index (χ1v) is 7.09. The van der Waals surface area contributed by atoms with Crippen molar-refractivity contribution >= 4 is 5.91 Å². The Labute approximate surface area is 105 Å². The Morgan fingerprint density at radius 2 is 2.18 bits per heavy atom. The predicted molar refractivity (Wildman–Crippen MR) is 69.7 cm³/mol. The van der Waals surface area contributed by atoms with Crippen LogP contribution in [0.1, 0.15) is 38.5 Å². The summed E-state index contributed by atoms with van der Waals surface area (Å²) in [4.78, 5) is 13.9. The fourth-order valence-electron chi connectivity index (χ4n) is 3.66. The molecule has 2 fully saturated rings. The van der Waals surface area contributed by atoms with Gasteiger partial charge in [-0.05, 0) is 57.0 Å². The van der Waals surface area contributed by atoms with Crippen LogP contribution in [0.5, 0.6) is 0 Å². The van der Waals surface area contributed by atoms with Gasteiger partial charge in [-0.3, -0.25) is 4.79 Å². The molecule has 0 aromatic carbocycles. The van der Waals surface area contributed by atoms with Crippen LogP contribution in [0, 0.1) is 17.8 Å². The van der Waals surface area contributed by atoms with Crippen molar-refractivity contribution < 1.29 is 4.79 Å². The van der Waals surface area contributed by atoms with Crippen LogP contribution in [0.15, 0.2) is 0 Å². The number of nitrogens with one attached hydrogen (secondary N) is 1. The van der Waals surface area contributed by atoms with E-state index in [9.17, 15) is 4.79 Å². The van der Waals surface area contributed by atoms with Crippen LogP contribution in [0.3, 0.4) is 0 Å². The average Bonchev–Trinajstić information content (AvgIpc) is 2.91. The Bertz CT molecular complexity index is 267. The van der Waals surface area contributed by atoms with Gasteiger partial charge < -0.3 is 10.2 Å². The minimum Gasteiger partial charge on any atom is -0.345 e. The first-order chi connectivity index (χ1) is 8.20. The topological polar surface area (TPSA) is 32.3 Å². The van der Waals surface area contributed by atoms with Crippen LogP contribution in [0.4, 0.5) is 0 Å². The van der Waals surface area contributed by atoms with Gasteiger partial charge >= 0.3 is 0 Å². The quantitative estimate of drug-likeness (QED) is 0.717. The van der Waals surface area contributed by atoms with Gasteiger partial charge in [0.1, 0.15) is 0 Å². The van der Waals surface area contributed by atoms with Crippen molar-refractivity contribution in [2.45, 2.75) is 38.5 Å². The lowest BCUT2D eigenvalue weighted by Gasteiger charge is -2.27. The molecular weight excluding hydrogens is 212 g/mol. The molecule has 0 aliphatic heterocycles. The van der Waals surface area contributed by atoms with E-state index in [0.29, 0.717) is 12.3 Å². The van der Waals surface area contributed by atoms with E-state index in [2.05, 4.69) is 5.32 Å². The summed E-state index contributed by atoms with van der Waals surface area (Å²) in [6.07, 6.45) is 7.32. The number of carbonyl (C=O) groups excluding carboxylic acids is 1. The third-order valence-corrected chi connectivity index (χ3v) is 4.64. The van der Waals surface area contributed by atoms with Gasteiger partial charge in [0, 0.05) is 20.0 Å². The summed E-state index contributed by atoms with van der Waals surface area (Å²) in [5, 5.41) is 3.09. The lowest BCUT2D eigenvalue weighted by molar-refractivity contribution is -0.130. The maximum Gasteiger partial charge on any atom is 0.222 e. The first-order valence-electron chi connectivity index (χ1n) is 7.09. The van der Waals surface area contributed by atoms with Crippen molar-refractivity contribution in [3.8, 4) is 0 Å². The molecule has 17 heavy (non-hydrogen) atoms. The van der Waals surface area contributed by atoms with Crippen LogP contribution in [-0.2, 0) is 4.79 Å². The Hall–Kier alpha value is -0.570. The van der Waals surface area contributed by atoms with Gasteiger partial charge in [0.25, 0.3) is 0 Å². The molecule has 0 spiro atoms. The first kappa shape index (κ1) is 12.9. The highest BCUT2D eigenvalue weighted by Crippen LogP contribution is 2.48. The molecular formula is C14H26N2O. The minimum absolute atomic E-state index is 0.322. The molecule has 0 aromatic rings. The SMILES string of the molecule is CNCCCC(=O)N(C)CC1CC2CCC1C2. The maximum absolute atomic E-state index is 11.9. The lowest BCUT2D eigenvalue weighted by atomic mass is 9.88. The van der Waals surface area contributed by atoms with Crippen LogP contribution in [0.25, 0.3) is 0 Å². The van der Waals surface area contributed by atoms with Crippen LogP contribution < -0.4 is 5.32 Å². The molecule has 1 amide bonds. The fraction of sp³-hybridized carbons (Fsp3) is 0.929. The zero-order chi connectivity index (χ0) is 12.3. The minimum atomic E-state index is 0.322. The molecule has 0 aromatic heterocycles. The second-order valence-corrected chi connectivity index (χ2v) is 5.92. The van der Waals surface area contributed by atoms with E-state index in [0.717, 1.165) is 37.3 Å². The van der Waals surface area contributed by atoms with Crippen molar-refractivity contribution in [1.82, 2.24) is 10.2 Å². The van der Waals surface area contributed by atoms with Crippen molar-refractivity contribution in [2.75, 3.05) is 27.2 Å². The number of rotatable bonds is 6. The van der Waals surface area contributed by atoms with Crippen molar-refractivity contribution in [2.24, 2.45) is 17.8 Å². The summed E-state index contributed by atoms with van der Waals surface area (Å²) in [6, 6.07) is 0. The van der Waals surface area contributed by atoms with Gasteiger partial charge in [0.2, 0.25) is 5.91 Å². The molecule has 98 valence electrons. The van der Waals surface area contributed by atoms with Gasteiger partial charge in [-0.15, -0.1) is 0 Å². The van der Waals surface area contributed by atoms with Gasteiger partial charge in [-0.25, -0.2) is 0 Å². The van der Waals surface area contributed by atoms with Gasteiger partial charge in [-0.2, -0.15) is 0 Å². The second-order valence-electron chi connectivity index (χ2n) is 5.92. The second kappa shape index (κ2) is 5.85. The number of amides is 1. The zero-order valence-electron chi connectivity index (χ0n) is 11.2. The Morgan fingerprint density at radius 1 is 1.35 bits per heavy atom. The molecule has 3 heteroatoms. The summed E-state index contributed by atoms with van der Waals surface area (Å²) >= 11 is 0. The predicted octanol–water partition coefficient (Wildman–Crippen LogP) is 1.88. The number of carbonyl (C=O) groups is 1. The molecule has 2 aliphatic carbocycles. The van der Waals surface area contributed by atoms with E-state index in [1.165, 1.54) is 25.7 Å². The third-order valence-electron chi connectivity index (χ3n) is 4.64. The van der Waals surface area contributed by atoms with Crippen LogP contribution >= 0.6 is 0 Å². The van der Waals surface area contributed by atoms with Gasteiger partial charge in [-0.1, -0.05) is 6.42 Å². The van der Waals surface area contributed by atoms with E-state index in [1.54, 1.807) is 0 Å². The standard InChI is InChI=1S/C14H26N2O/c1-15-7-3-4-14(17)16(2)10-13-9-11-5-6-12(13)8-11/h11-13,15H,3-10H2,1-2H3. The van der Waals surface area contributed by atoms with Gasteiger partial charge in [0.15, 0.2) is 0 Å². The molecule has 2 aliphatic rings. The molecule has 2 rings (SSSR count). The third kappa shape index (κ3) is 3.21. The number of fused-ring (bicyclic) bond motifs is 2. The molecule has 3 unspecified atom stereocenters. The monoisotopic (exact) mass is 238 g/mol. The van der Waals surface area contributed by atoms with Crippen LogP contribution in [-0.4, -0.2) is 38.0 Å². The molecule has 0 radical (unpaired) electrons. The molecule has 3 atom stereocenters. The molecule has 1 N–H and O–H groups in total. The summed E-state index contributed by atoms with van der Waals surface area (Å²) in [5.41, 5.74) is 0. The summed E-state index contributed by atoms with van der Waals surface area (Å²) in [5.74, 6) is 3.03. The van der Waals surface area contributed by atoms with Crippen molar-refractivity contribution in [1.29, 1.82) is 0 Å². The lowest BCUT2D eigenvalue weighted by Crippen LogP contribution is -2.33. The van der Waals surface area contributed by atoms with E-state index < -0.39 is 0 Å². The molecule has 0 heterocycles. The number of hydrogen-bond acceptors (Lipinski definition) is 2. The van der Waals surface area contributed by atoms with E-state index in [1.807, 2.05) is 19.0 Å². The highest BCUT2D eigenvalue weighted by atomic mass is 16.2. The van der Waals surface area contributed by atoms with E-state index in [4.69, 9.17) is 0 Å². The highest BCUT2D eigenvalue weighted by molar-refractivity contribution is 5.75. The Kier molecular flexibility index (Phi) is 4.43. The Morgan fingerprint density at radius 3 is 2.76 bits per heavy atom. The summed E-state index contributed by atoms with van der Waals surface area (Å²) in [6.45, 7) is 1.94. The molecule has 2 bridgehead atoms. The van der Waals surface area contributed by atoms with E-state index in [-0.39, 0.29) is 0 Å². The zero-order valence-corrected chi connectivity index (χ0v) is 11.2. The highest BCUT2D eigenvalue weighted by Gasteiger charge is 2.39. The van der Waals surface area contributed by atoms with Crippen molar-refractivity contribution in [3.63, 3.8) is 0 Å². The maximum atomic E-state index is 11.9. The number of nitrogens with zero attached hydrogens (tertiary/aromatic N) is 1. The van der Waals surface area contributed by atoms with Crippen molar-refractivity contribution in [3.05, 3.63) is 0 Å². The number of hydrogen-bond donors (Lipinski definition) is 1. The smallest absolute Gasteiger partial charge is 0.222 e. The normalized spacial score (nSPS) is 30.8. The molecule has 3 nitrogen and oxygen atoms in total. The Balaban J connectivity index is 1.69. The largest absolute Gasteiger partial charge is 0.345 e. The average molecular weight is 238 g/mol. The molecule has 2 saturated carbocycles. The fourth-order valence-corrected chi connectivity index (χ4v) is 3.66. The van der Waals surface area contributed by atoms with Crippen LogP contribution in [0.2, 0.25) is 0 Å². The summed E-state index contributed by atoms with van der Waals surface area (Å²) < 4.78 is 0. The van der Waals surface area contributed by atoms with Gasteiger partial charge in [0.05, 0.1) is 0 Å². The van der Waals surface area contributed by atoms with E-state index >= 15 is 0 Å². The summed E-state index contributed by atoms with van der Waals surface area (Å²) in [7, 11) is 3.91. The molecule has 0 saturated heterocycles.